The van der Waals surface area contributed by atoms with E-state index in [0.29, 0.717) is 11.7 Å². The van der Waals surface area contributed by atoms with E-state index in [2.05, 4.69) is 34.7 Å². The van der Waals surface area contributed by atoms with Crippen LogP contribution < -0.4 is 5.32 Å². The van der Waals surface area contributed by atoms with E-state index in [1.807, 2.05) is 22.7 Å². The second-order valence-corrected chi connectivity index (χ2v) is 7.56. The molecule has 0 spiro atoms. The molecule has 0 bridgehead atoms. The number of likely N-dealkylation sites (tertiary alicyclic amines) is 1. The van der Waals surface area contributed by atoms with Crippen LogP contribution in [0.5, 0.6) is 0 Å². The first-order valence-corrected chi connectivity index (χ1v) is 9.83. The van der Waals surface area contributed by atoms with Crippen LogP contribution in [0.3, 0.4) is 0 Å². The molecule has 0 radical (unpaired) electrons. The van der Waals surface area contributed by atoms with E-state index in [1.165, 1.54) is 23.2 Å². The van der Waals surface area contributed by atoms with E-state index in [-0.39, 0.29) is 5.91 Å². The SMILES string of the molecule is Cn1nc(C(=O)N2CCCCC2)c2c1CCC(NCc1ccccc1)C2. The minimum absolute atomic E-state index is 0.130. The largest absolute Gasteiger partial charge is 0.337 e. The van der Waals surface area contributed by atoms with Gasteiger partial charge in [0.05, 0.1) is 0 Å². The number of benzene rings is 1. The van der Waals surface area contributed by atoms with Crippen LogP contribution in [-0.2, 0) is 26.4 Å². The molecule has 1 aliphatic heterocycles. The summed E-state index contributed by atoms with van der Waals surface area (Å²) in [6.07, 6.45) is 6.43. The predicted octanol–water partition coefficient (Wildman–Crippen LogP) is 2.69. The van der Waals surface area contributed by atoms with Crippen LogP contribution in [0, 0.1) is 0 Å². The summed E-state index contributed by atoms with van der Waals surface area (Å²) in [5.41, 5.74) is 4.40. The van der Waals surface area contributed by atoms with Crippen molar-refractivity contribution in [3.05, 3.63) is 52.8 Å². The third-order valence-electron chi connectivity index (χ3n) is 5.74. The van der Waals surface area contributed by atoms with Gasteiger partial charge >= 0.3 is 0 Å². The van der Waals surface area contributed by atoms with Gasteiger partial charge in [0, 0.05) is 44.0 Å². The van der Waals surface area contributed by atoms with E-state index >= 15 is 0 Å². The van der Waals surface area contributed by atoms with Crippen molar-refractivity contribution in [1.29, 1.82) is 0 Å². The Hall–Kier alpha value is -2.14. The summed E-state index contributed by atoms with van der Waals surface area (Å²) in [7, 11) is 1.98. The van der Waals surface area contributed by atoms with Gasteiger partial charge in [-0.1, -0.05) is 30.3 Å². The third-order valence-corrected chi connectivity index (χ3v) is 5.74. The van der Waals surface area contributed by atoms with Crippen molar-refractivity contribution in [2.24, 2.45) is 7.05 Å². The Balaban J connectivity index is 1.47. The van der Waals surface area contributed by atoms with Crippen LogP contribution in [0.4, 0.5) is 0 Å². The fraction of sp³-hybridized carbons (Fsp3) is 0.524. The lowest BCUT2D eigenvalue weighted by atomic mass is 9.90. The number of nitrogens with zero attached hydrogens (tertiary/aromatic N) is 3. The maximum Gasteiger partial charge on any atom is 0.274 e. The average Bonchev–Trinajstić information content (AvgIpc) is 3.03. The predicted molar refractivity (Wildman–Crippen MR) is 102 cm³/mol. The van der Waals surface area contributed by atoms with Crippen LogP contribution in [-0.4, -0.2) is 39.7 Å². The van der Waals surface area contributed by atoms with Crippen LogP contribution in [0.15, 0.2) is 30.3 Å². The molecule has 1 aromatic carbocycles. The van der Waals surface area contributed by atoms with Crippen LogP contribution in [0.25, 0.3) is 0 Å². The van der Waals surface area contributed by atoms with Gasteiger partial charge in [0.15, 0.2) is 5.69 Å². The van der Waals surface area contributed by atoms with E-state index in [0.717, 1.165) is 51.7 Å². The molecule has 1 fully saturated rings. The van der Waals surface area contributed by atoms with Gasteiger partial charge < -0.3 is 10.2 Å². The molecule has 138 valence electrons. The number of amides is 1. The molecule has 5 heteroatoms. The number of nitrogens with one attached hydrogen (secondary N) is 1. The summed E-state index contributed by atoms with van der Waals surface area (Å²) >= 11 is 0. The van der Waals surface area contributed by atoms with Gasteiger partial charge in [-0.05, 0) is 44.1 Å². The number of carbonyl (C=O) groups is 1. The number of aryl methyl sites for hydroxylation is 1. The van der Waals surface area contributed by atoms with Gasteiger partial charge in [0.2, 0.25) is 0 Å². The normalized spacial score (nSPS) is 20.0. The Labute approximate surface area is 155 Å². The number of hydrogen-bond donors (Lipinski definition) is 1. The average molecular weight is 352 g/mol. The standard InChI is InChI=1S/C21H28N4O/c1-24-19-11-10-17(22-15-16-8-4-2-5-9-16)14-18(19)20(23-24)21(26)25-12-6-3-7-13-25/h2,4-5,8-9,17,22H,3,6-7,10-15H2,1H3. The molecule has 1 saturated heterocycles. The fourth-order valence-corrected chi connectivity index (χ4v) is 4.24. The highest BCUT2D eigenvalue weighted by Crippen LogP contribution is 2.26. The topological polar surface area (TPSA) is 50.2 Å². The summed E-state index contributed by atoms with van der Waals surface area (Å²) in [5.74, 6) is 0.130. The smallest absolute Gasteiger partial charge is 0.274 e. The highest BCUT2D eigenvalue weighted by molar-refractivity contribution is 5.94. The van der Waals surface area contributed by atoms with Crippen molar-refractivity contribution in [1.82, 2.24) is 20.0 Å². The number of rotatable bonds is 4. The second kappa shape index (κ2) is 7.62. The number of fused-ring (bicyclic) bond motifs is 1. The molecule has 1 unspecified atom stereocenters. The minimum atomic E-state index is 0.130. The molecule has 1 aromatic heterocycles. The van der Waals surface area contributed by atoms with Crippen LogP contribution >= 0.6 is 0 Å². The maximum absolute atomic E-state index is 13.0. The van der Waals surface area contributed by atoms with E-state index in [9.17, 15) is 4.79 Å². The molecule has 1 atom stereocenters. The Kier molecular flexibility index (Phi) is 5.07. The van der Waals surface area contributed by atoms with E-state index in [4.69, 9.17) is 0 Å². The summed E-state index contributed by atoms with van der Waals surface area (Å²) in [6.45, 7) is 2.62. The van der Waals surface area contributed by atoms with Gasteiger partial charge in [0.1, 0.15) is 0 Å². The molecular formula is C21H28N4O. The highest BCUT2D eigenvalue weighted by atomic mass is 16.2. The van der Waals surface area contributed by atoms with Crippen molar-refractivity contribution in [3.63, 3.8) is 0 Å². The molecule has 4 rings (SSSR count). The quantitative estimate of drug-likeness (QED) is 0.920. The molecule has 26 heavy (non-hydrogen) atoms. The summed E-state index contributed by atoms with van der Waals surface area (Å²) in [4.78, 5) is 15.0. The lowest BCUT2D eigenvalue weighted by Gasteiger charge is -2.27. The fourth-order valence-electron chi connectivity index (χ4n) is 4.24. The van der Waals surface area contributed by atoms with Crippen LogP contribution in [0.2, 0.25) is 0 Å². The van der Waals surface area contributed by atoms with Gasteiger partial charge in [-0.2, -0.15) is 5.10 Å². The Morgan fingerprint density at radius 2 is 1.96 bits per heavy atom. The first kappa shape index (κ1) is 17.3. The maximum atomic E-state index is 13.0. The number of piperidine rings is 1. The molecule has 2 aromatic rings. The second-order valence-electron chi connectivity index (χ2n) is 7.56. The number of aromatic nitrogens is 2. The van der Waals surface area contributed by atoms with Gasteiger partial charge in [-0.3, -0.25) is 9.48 Å². The van der Waals surface area contributed by atoms with Gasteiger partial charge in [0.25, 0.3) is 5.91 Å². The third kappa shape index (κ3) is 3.54. The zero-order valence-corrected chi connectivity index (χ0v) is 15.6. The number of hydrogen-bond acceptors (Lipinski definition) is 3. The summed E-state index contributed by atoms with van der Waals surface area (Å²) < 4.78 is 1.93. The van der Waals surface area contributed by atoms with Crippen molar-refractivity contribution < 1.29 is 4.79 Å². The Bertz CT molecular complexity index is 762. The summed E-state index contributed by atoms with van der Waals surface area (Å²) in [6, 6.07) is 10.9. The Morgan fingerprint density at radius 3 is 2.73 bits per heavy atom. The van der Waals surface area contributed by atoms with E-state index in [1.54, 1.807) is 0 Å². The highest BCUT2D eigenvalue weighted by Gasteiger charge is 2.30. The van der Waals surface area contributed by atoms with Gasteiger partial charge in [-0.25, -0.2) is 0 Å². The number of carbonyl (C=O) groups excluding carboxylic acids is 1. The Morgan fingerprint density at radius 1 is 1.19 bits per heavy atom. The molecule has 2 heterocycles. The lowest BCUT2D eigenvalue weighted by Crippen LogP contribution is -2.38. The molecular weight excluding hydrogens is 324 g/mol. The molecule has 1 amide bonds. The van der Waals surface area contributed by atoms with Crippen molar-refractivity contribution in [3.8, 4) is 0 Å². The zero-order chi connectivity index (χ0) is 17.9. The van der Waals surface area contributed by atoms with Crippen molar-refractivity contribution >= 4 is 5.91 Å². The molecule has 0 saturated carbocycles. The van der Waals surface area contributed by atoms with Gasteiger partial charge in [-0.15, -0.1) is 0 Å². The molecule has 1 N–H and O–H groups in total. The van der Waals surface area contributed by atoms with Crippen LogP contribution in [0.1, 0.15) is 53.0 Å². The summed E-state index contributed by atoms with van der Waals surface area (Å²) in [5, 5.41) is 8.29. The molecule has 2 aliphatic rings. The zero-order valence-electron chi connectivity index (χ0n) is 15.6. The monoisotopic (exact) mass is 352 g/mol. The molecule has 5 nitrogen and oxygen atoms in total. The van der Waals surface area contributed by atoms with Crippen molar-refractivity contribution in [2.75, 3.05) is 13.1 Å². The van der Waals surface area contributed by atoms with Crippen molar-refractivity contribution in [2.45, 2.75) is 51.1 Å². The first-order chi connectivity index (χ1) is 12.7. The molecule has 1 aliphatic carbocycles. The van der Waals surface area contributed by atoms with E-state index < -0.39 is 0 Å². The minimum Gasteiger partial charge on any atom is -0.337 e. The first-order valence-electron chi connectivity index (χ1n) is 9.83. The lowest BCUT2D eigenvalue weighted by molar-refractivity contribution is 0.0716.